The molecule has 110 valence electrons. The molecule has 2 heterocycles. The molecule has 2 rings (SSSR count). The van der Waals surface area contributed by atoms with E-state index in [0.29, 0.717) is 18.0 Å². The van der Waals surface area contributed by atoms with Gasteiger partial charge in [-0.3, -0.25) is 9.78 Å². The highest BCUT2D eigenvalue weighted by atomic mass is 16.5. The molecular formula is C15H18N4O2. The smallest absolute Gasteiger partial charge is 0.255 e. The number of anilines is 1. The van der Waals surface area contributed by atoms with Gasteiger partial charge in [-0.25, -0.2) is 4.98 Å². The van der Waals surface area contributed by atoms with Crippen molar-refractivity contribution in [3.8, 4) is 5.88 Å². The van der Waals surface area contributed by atoms with Gasteiger partial charge in [0, 0.05) is 37.7 Å². The van der Waals surface area contributed by atoms with Crippen LogP contribution >= 0.6 is 0 Å². The van der Waals surface area contributed by atoms with Crippen LogP contribution in [0.1, 0.15) is 21.6 Å². The SMILES string of the molecule is CNc1cc(C)ncc1C(=O)NCc1ccnc(OC)c1. The van der Waals surface area contributed by atoms with Crippen LogP contribution in [0, 0.1) is 6.92 Å². The van der Waals surface area contributed by atoms with Crippen molar-refractivity contribution in [2.75, 3.05) is 19.5 Å². The molecule has 0 unspecified atom stereocenters. The zero-order valence-electron chi connectivity index (χ0n) is 12.3. The van der Waals surface area contributed by atoms with Gasteiger partial charge < -0.3 is 15.4 Å². The summed E-state index contributed by atoms with van der Waals surface area (Å²) in [6, 6.07) is 5.45. The van der Waals surface area contributed by atoms with E-state index in [1.54, 1.807) is 32.6 Å². The Morgan fingerprint density at radius 1 is 1.33 bits per heavy atom. The van der Waals surface area contributed by atoms with E-state index in [1.807, 2.05) is 19.1 Å². The standard InChI is InChI=1S/C15H18N4O2/c1-10-6-13(16-2)12(9-18-10)15(20)19-8-11-4-5-17-14(7-11)21-3/h4-7,9H,8H2,1-3H3,(H,16,18)(H,19,20). The molecule has 0 atom stereocenters. The molecule has 0 saturated heterocycles. The Balaban J connectivity index is 2.08. The van der Waals surface area contributed by atoms with Gasteiger partial charge in [0.1, 0.15) is 0 Å². The maximum absolute atomic E-state index is 12.2. The van der Waals surface area contributed by atoms with Crippen LogP contribution in [0.15, 0.2) is 30.6 Å². The molecule has 0 bridgehead atoms. The molecule has 0 aliphatic heterocycles. The van der Waals surface area contributed by atoms with E-state index in [4.69, 9.17) is 4.74 Å². The average Bonchev–Trinajstić information content (AvgIpc) is 2.52. The number of aryl methyl sites for hydroxylation is 1. The third kappa shape index (κ3) is 3.68. The van der Waals surface area contributed by atoms with E-state index in [0.717, 1.165) is 16.9 Å². The summed E-state index contributed by atoms with van der Waals surface area (Å²) in [6.07, 6.45) is 3.22. The fourth-order valence-corrected chi connectivity index (χ4v) is 1.90. The molecule has 2 aromatic rings. The van der Waals surface area contributed by atoms with Crippen molar-refractivity contribution in [3.63, 3.8) is 0 Å². The molecule has 6 heteroatoms. The number of carbonyl (C=O) groups is 1. The van der Waals surface area contributed by atoms with Crippen LogP contribution in [0.3, 0.4) is 0 Å². The Bertz CT molecular complexity index is 643. The first-order valence-corrected chi connectivity index (χ1v) is 6.55. The van der Waals surface area contributed by atoms with E-state index >= 15 is 0 Å². The van der Waals surface area contributed by atoms with Crippen molar-refractivity contribution in [2.24, 2.45) is 0 Å². The van der Waals surface area contributed by atoms with Crippen LogP contribution in [0.5, 0.6) is 5.88 Å². The summed E-state index contributed by atoms with van der Waals surface area (Å²) in [7, 11) is 3.33. The normalized spacial score (nSPS) is 10.0. The van der Waals surface area contributed by atoms with Crippen molar-refractivity contribution in [1.82, 2.24) is 15.3 Å². The minimum Gasteiger partial charge on any atom is -0.481 e. The maximum atomic E-state index is 12.2. The van der Waals surface area contributed by atoms with Crippen molar-refractivity contribution in [1.29, 1.82) is 0 Å². The van der Waals surface area contributed by atoms with Gasteiger partial charge in [-0.2, -0.15) is 0 Å². The largest absolute Gasteiger partial charge is 0.481 e. The Morgan fingerprint density at radius 2 is 2.14 bits per heavy atom. The van der Waals surface area contributed by atoms with Gasteiger partial charge in [0.25, 0.3) is 5.91 Å². The summed E-state index contributed by atoms with van der Waals surface area (Å²) in [5, 5.41) is 5.86. The van der Waals surface area contributed by atoms with Crippen LogP contribution < -0.4 is 15.4 Å². The molecule has 2 aromatic heterocycles. The van der Waals surface area contributed by atoms with E-state index < -0.39 is 0 Å². The average molecular weight is 286 g/mol. The van der Waals surface area contributed by atoms with Crippen molar-refractivity contribution < 1.29 is 9.53 Å². The second kappa shape index (κ2) is 6.69. The molecule has 0 aliphatic rings. The number of rotatable bonds is 5. The monoisotopic (exact) mass is 286 g/mol. The summed E-state index contributed by atoms with van der Waals surface area (Å²) < 4.78 is 5.05. The summed E-state index contributed by atoms with van der Waals surface area (Å²) in [5.74, 6) is 0.345. The molecule has 0 aromatic carbocycles. The summed E-state index contributed by atoms with van der Waals surface area (Å²) in [5.41, 5.74) is 3.05. The molecule has 2 N–H and O–H groups in total. The lowest BCUT2D eigenvalue weighted by Gasteiger charge is -2.10. The predicted octanol–water partition coefficient (Wildman–Crippen LogP) is 1.77. The van der Waals surface area contributed by atoms with Crippen LogP contribution in [-0.4, -0.2) is 30.0 Å². The van der Waals surface area contributed by atoms with Crippen LogP contribution in [-0.2, 0) is 6.54 Å². The van der Waals surface area contributed by atoms with Crippen molar-refractivity contribution >= 4 is 11.6 Å². The number of nitrogens with one attached hydrogen (secondary N) is 2. The van der Waals surface area contributed by atoms with Crippen molar-refractivity contribution in [2.45, 2.75) is 13.5 Å². The first kappa shape index (κ1) is 14.8. The Kier molecular flexibility index (Phi) is 4.71. The molecule has 0 spiro atoms. The third-order valence-corrected chi connectivity index (χ3v) is 3.02. The highest BCUT2D eigenvalue weighted by molar-refractivity contribution is 5.99. The van der Waals surface area contributed by atoms with Gasteiger partial charge in [-0.15, -0.1) is 0 Å². The first-order chi connectivity index (χ1) is 10.1. The van der Waals surface area contributed by atoms with Crippen LogP contribution in [0.4, 0.5) is 5.69 Å². The highest BCUT2D eigenvalue weighted by Gasteiger charge is 2.11. The molecule has 1 amide bonds. The van der Waals surface area contributed by atoms with Gasteiger partial charge in [0.2, 0.25) is 5.88 Å². The molecule has 0 radical (unpaired) electrons. The fourth-order valence-electron chi connectivity index (χ4n) is 1.90. The predicted molar refractivity (Wildman–Crippen MR) is 80.5 cm³/mol. The highest BCUT2D eigenvalue weighted by Crippen LogP contribution is 2.15. The molecule has 0 fully saturated rings. The molecule has 0 saturated carbocycles. The van der Waals surface area contributed by atoms with E-state index in [2.05, 4.69) is 20.6 Å². The van der Waals surface area contributed by atoms with Gasteiger partial charge in [-0.1, -0.05) is 0 Å². The number of hydrogen-bond acceptors (Lipinski definition) is 5. The Labute approximate surface area is 123 Å². The molecular weight excluding hydrogens is 268 g/mol. The van der Waals surface area contributed by atoms with Gasteiger partial charge in [0.15, 0.2) is 0 Å². The second-order valence-electron chi connectivity index (χ2n) is 4.51. The quantitative estimate of drug-likeness (QED) is 0.876. The van der Waals surface area contributed by atoms with E-state index in [9.17, 15) is 4.79 Å². The zero-order valence-corrected chi connectivity index (χ0v) is 12.3. The first-order valence-electron chi connectivity index (χ1n) is 6.55. The van der Waals surface area contributed by atoms with Gasteiger partial charge in [-0.05, 0) is 24.6 Å². The maximum Gasteiger partial charge on any atom is 0.255 e. The molecule has 6 nitrogen and oxygen atoms in total. The van der Waals surface area contributed by atoms with E-state index in [1.165, 1.54) is 0 Å². The zero-order chi connectivity index (χ0) is 15.2. The number of methoxy groups -OCH3 is 1. The molecule has 0 aliphatic carbocycles. The summed E-state index contributed by atoms with van der Waals surface area (Å²) in [4.78, 5) is 20.4. The number of ether oxygens (including phenoxy) is 1. The Hall–Kier alpha value is -2.63. The minimum absolute atomic E-state index is 0.178. The topological polar surface area (TPSA) is 76.1 Å². The molecule has 21 heavy (non-hydrogen) atoms. The second-order valence-corrected chi connectivity index (χ2v) is 4.51. The van der Waals surface area contributed by atoms with E-state index in [-0.39, 0.29) is 5.91 Å². The third-order valence-electron chi connectivity index (χ3n) is 3.02. The number of hydrogen-bond donors (Lipinski definition) is 2. The van der Waals surface area contributed by atoms with Crippen LogP contribution in [0.25, 0.3) is 0 Å². The number of carbonyl (C=O) groups excluding carboxylic acids is 1. The lowest BCUT2D eigenvalue weighted by atomic mass is 10.2. The number of amides is 1. The fraction of sp³-hybridized carbons (Fsp3) is 0.267. The lowest BCUT2D eigenvalue weighted by Crippen LogP contribution is -2.24. The number of pyridine rings is 2. The summed E-state index contributed by atoms with van der Waals surface area (Å²) in [6.45, 7) is 2.28. The lowest BCUT2D eigenvalue weighted by molar-refractivity contribution is 0.0951. The number of aromatic nitrogens is 2. The Morgan fingerprint density at radius 3 is 2.86 bits per heavy atom. The van der Waals surface area contributed by atoms with Crippen LogP contribution in [0.2, 0.25) is 0 Å². The summed E-state index contributed by atoms with van der Waals surface area (Å²) >= 11 is 0. The number of nitrogens with zero attached hydrogens (tertiary/aromatic N) is 2. The van der Waals surface area contributed by atoms with Gasteiger partial charge in [0.05, 0.1) is 18.4 Å². The van der Waals surface area contributed by atoms with Gasteiger partial charge >= 0.3 is 0 Å². The van der Waals surface area contributed by atoms with Crippen molar-refractivity contribution in [3.05, 3.63) is 47.4 Å². The minimum atomic E-state index is -0.178.